The van der Waals surface area contributed by atoms with Gasteiger partial charge in [0.15, 0.2) is 0 Å². The molecule has 1 N–H and O–H groups in total. The van der Waals surface area contributed by atoms with Gasteiger partial charge in [0, 0.05) is 0 Å². The van der Waals surface area contributed by atoms with Gasteiger partial charge in [0.2, 0.25) is 0 Å². The molecule has 0 atom stereocenters. The van der Waals surface area contributed by atoms with Gasteiger partial charge in [0.05, 0.1) is 17.7 Å². The second-order valence-corrected chi connectivity index (χ2v) is 5.36. The lowest BCUT2D eigenvalue weighted by atomic mass is 9.90. The van der Waals surface area contributed by atoms with Crippen molar-refractivity contribution in [3.05, 3.63) is 34.4 Å². The summed E-state index contributed by atoms with van der Waals surface area (Å²) in [5.41, 5.74) is 2.13. The first kappa shape index (κ1) is 18.2. The summed E-state index contributed by atoms with van der Waals surface area (Å²) in [6.07, 6.45) is 5.48. The number of carboxylic acid groups (broad SMARTS) is 1. The average Bonchev–Trinajstić information content (AvgIpc) is 2.50. The zero-order chi connectivity index (χ0) is 16.5. The highest BCUT2D eigenvalue weighted by Gasteiger charge is 2.23. The number of carbonyl (C=O) groups is 2. The average molecular weight is 306 g/mol. The number of carbonyl (C=O) groups excluding carboxylic acids is 1. The first-order chi connectivity index (χ1) is 10.6. The molecule has 4 nitrogen and oxygen atoms in total. The minimum atomic E-state index is -1.05. The summed E-state index contributed by atoms with van der Waals surface area (Å²) in [5, 5.41) is 9.61. The van der Waals surface area contributed by atoms with E-state index in [-0.39, 0.29) is 17.7 Å². The largest absolute Gasteiger partial charge is 0.478 e. The van der Waals surface area contributed by atoms with Crippen molar-refractivity contribution < 1.29 is 19.4 Å². The Labute approximate surface area is 132 Å². The Kier molecular flexibility index (Phi) is 7.64. The van der Waals surface area contributed by atoms with Gasteiger partial charge in [0.25, 0.3) is 0 Å². The Morgan fingerprint density at radius 2 is 1.68 bits per heavy atom. The van der Waals surface area contributed by atoms with E-state index in [1.54, 1.807) is 13.0 Å². The highest BCUT2D eigenvalue weighted by Crippen LogP contribution is 2.24. The van der Waals surface area contributed by atoms with Gasteiger partial charge >= 0.3 is 11.9 Å². The lowest BCUT2D eigenvalue weighted by Gasteiger charge is -2.16. The lowest BCUT2D eigenvalue weighted by Crippen LogP contribution is -2.16. The molecular weight excluding hydrogens is 280 g/mol. The van der Waals surface area contributed by atoms with Crippen molar-refractivity contribution in [1.29, 1.82) is 0 Å². The third-order valence-corrected chi connectivity index (χ3v) is 3.70. The zero-order valence-electron chi connectivity index (χ0n) is 13.8. The van der Waals surface area contributed by atoms with Crippen LogP contribution in [0.1, 0.15) is 78.3 Å². The van der Waals surface area contributed by atoms with Crippen molar-refractivity contribution in [2.24, 2.45) is 0 Å². The van der Waals surface area contributed by atoms with Gasteiger partial charge in [-0.1, -0.05) is 32.8 Å². The van der Waals surface area contributed by atoms with E-state index >= 15 is 0 Å². The molecule has 0 unspecified atom stereocenters. The zero-order valence-corrected chi connectivity index (χ0v) is 13.8. The van der Waals surface area contributed by atoms with Gasteiger partial charge in [-0.3, -0.25) is 0 Å². The SMILES string of the molecule is CCCCc1ccc(C(=O)OCC)c(C(=O)O)c1CCCC. The molecule has 122 valence electrons. The molecule has 22 heavy (non-hydrogen) atoms. The second-order valence-electron chi connectivity index (χ2n) is 5.36. The molecule has 0 fully saturated rings. The number of unbranched alkanes of at least 4 members (excludes halogenated alkanes) is 2. The standard InChI is InChI=1S/C18H26O4/c1-4-7-9-13-11-12-15(18(21)22-6-3)16(17(19)20)14(13)10-8-5-2/h11-12H,4-10H2,1-3H3,(H,19,20). The summed E-state index contributed by atoms with van der Waals surface area (Å²) in [4.78, 5) is 23.8. The van der Waals surface area contributed by atoms with Gasteiger partial charge in [0.1, 0.15) is 0 Å². The highest BCUT2D eigenvalue weighted by atomic mass is 16.5. The second kappa shape index (κ2) is 9.23. The van der Waals surface area contributed by atoms with Gasteiger partial charge in [-0.15, -0.1) is 0 Å². The van der Waals surface area contributed by atoms with Gasteiger partial charge < -0.3 is 9.84 Å². The van der Waals surface area contributed by atoms with E-state index < -0.39 is 11.9 Å². The van der Waals surface area contributed by atoms with Crippen molar-refractivity contribution in [3.63, 3.8) is 0 Å². The highest BCUT2D eigenvalue weighted by molar-refractivity contribution is 6.03. The van der Waals surface area contributed by atoms with E-state index in [1.165, 1.54) is 0 Å². The maximum absolute atomic E-state index is 12.0. The van der Waals surface area contributed by atoms with E-state index in [1.807, 2.05) is 6.07 Å². The van der Waals surface area contributed by atoms with Crippen LogP contribution in [0.2, 0.25) is 0 Å². The van der Waals surface area contributed by atoms with Crippen LogP contribution < -0.4 is 0 Å². The summed E-state index contributed by atoms with van der Waals surface area (Å²) in [5.74, 6) is -1.60. The number of benzene rings is 1. The molecule has 1 aromatic rings. The molecule has 1 aromatic carbocycles. The number of esters is 1. The van der Waals surface area contributed by atoms with Crippen LogP contribution >= 0.6 is 0 Å². The maximum Gasteiger partial charge on any atom is 0.339 e. The van der Waals surface area contributed by atoms with Crippen molar-refractivity contribution in [3.8, 4) is 0 Å². The van der Waals surface area contributed by atoms with Crippen LogP contribution in [0.25, 0.3) is 0 Å². The number of carboxylic acids is 1. The fourth-order valence-electron chi connectivity index (χ4n) is 2.55. The van der Waals surface area contributed by atoms with E-state index in [0.29, 0.717) is 6.42 Å². The maximum atomic E-state index is 12.0. The summed E-state index contributed by atoms with van der Waals surface area (Å²) in [6, 6.07) is 3.49. The van der Waals surface area contributed by atoms with Crippen molar-refractivity contribution in [2.75, 3.05) is 6.61 Å². The number of rotatable bonds is 9. The number of hydrogen-bond acceptors (Lipinski definition) is 3. The minimum Gasteiger partial charge on any atom is -0.478 e. The summed E-state index contributed by atoms with van der Waals surface area (Å²) in [7, 11) is 0. The Morgan fingerprint density at radius 3 is 2.23 bits per heavy atom. The van der Waals surface area contributed by atoms with Crippen LogP contribution in [-0.4, -0.2) is 23.7 Å². The third-order valence-electron chi connectivity index (χ3n) is 3.70. The molecule has 0 aliphatic carbocycles. The van der Waals surface area contributed by atoms with Gasteiger partial charge in [-0.05, 0) is 49.8 Å². The van der Waals surface area contributed by atoms with Gasteiger partial charge in [-0.25, -0.2) is 9.59 Å². The molecule has 0 radical (unpaired) electrons. The Hall–Kier alpha value is -1.84. The molecule has 0 saturated heterocycles. The van der Waals surface area contributed by atoms with E-state index in [9.17, 15) is 14.7 Å². The minimum absolute atomic E-state index is 0.125. The quantitative estimate of drug-likeness (QED) is 0.693. The van der Waals surface area contributed by atoms with Crippen LogP contribution in [0.15, 0.2) is 12.1 Å². The van der Waals surface area contributed by atoms with Crippen LogP contribution in [0, 0.1) is 0 Å². The van der Waals surface area contributed by atoms with Crippen LogP contribution in [0.5, 0.6) is 0 Å². The molecule has 1 rings (SSSR count). The molecule has 0 bridgehead atoms. The number of ether oxygens (including phenoxy) is 1. The molecule has 0 heterocycles. The topological polar surface area (TPSA) is 63.6 Å². The summed E-state index contributed by atoms with van der Waals surface area (Å²) in [6.45, 7) is 6.13. The monoisotopic (exact) mass is 306 g/mol. The van der Waals surface area contributed by atoms with Gasteiger partial charge in [-0.2, -0.15) is 0 Å². The van der Waals surface area contributed by atoms with Crippen molar-refractivity contribution in [2.45, 2.75) is 59.3 Å². The first-order valence-electron chi connectivity index (χ1n) is 8.11. The fourth-order valence-corrected chi connectivity index (χ4v) is 2.55. The molecule has 0 saturated carbocycles. The number of aromatic carboxylic acids is 1. The number of hydrogen-bond donors (Lipinski definition) is 1. The first-order valence-corrected chi connectivity index (χ1v) is 8.11. The molecule has 0 spiro atoms. The Bertz CT molecular complexity index is 520. The summed E-state index contributed by atoms with van der Waals surface area (Å²) >= 11 is 0. The van der Waals surface area contributed by atoms with Crippen LogP contribution in [0.4, 0.5) is 0 Å². The van der Waals surface area contributed by atoms with Crippen molar-refractivity contribution in [1.82, 2.24) is 0 Å². The fraction of sp³-hybridized carbons (Fsp3) is 0.556. The predicted octanol–water partition coefficient (Wildman–Crippen LogP) is 4.25. The predicted molar refractivity (Wildman–Crippen MR) is 86.6 cm³/mol. The Balaban J connectivity index is 3.35. The lowest BCUT2D eigenvalue weighted by molar-refractivity contribution is 0.0514. The van der Waals surface area contributed by atoms with Crippen LogP contribution in [0.3, 0.4) is 0 Å². The Morgan fingerprint density at radius 1 is 1.05 bits per heavy atom. The van der Waals surface area contributed by atoms with Crippen LogP contribution in [-0.2, 0) is 17.6 Å². The number of aryl methyl sites for hydroxylation is 1. The molecule has 0 amide bonds. The van der Waals surface area contributed by atoms with E-state index in [0.717, 1.165) is 43.2 Å². The third kappa shape index (κ3) is 4.58. The van der Waals surface area contributed by atoms with E-state index in [4.69, 9.17) is 4.74 Å². The normalized spacial score (nSPS) is 10.5. The molecular formula is C18H26O4. The van der Waals surface area contributed by atoms with Crippen molar-refractivity contribution >= 4 is 11.9 Å². The molecule has 4 heteroatoms. The smallest absolute Gasteiger partial charge is 0.339 e. The summed E-state index contributed by atoms with van der Waals surface area (Å²) < 4.78 is 5.00. The molecule has 0 aromatic heterocycles. The van der Waals surface area contributed by atoms with E-state index in [2.05, 4.69) is 13.8 Å². The molecule has 0 aliphatic heterocycles. The molecule has 0 aliphatic rings.